The molecule has 1 aliphatic heterocycles. The lowest BCUT2D eigenvalue weighted by molar-refractivity contribution is -0.129. The molecule has 4 nitrogen and oxygen atoms in total. The van der Waals surface area contributed by atoms with Crippen molar-refractivity contribution < 1.29 is 4.79 Å². The third-order valence-corrected chi connectivity index (χ3v) is 3.75. The molecule has 0 radical (unpaired) electrons. The van der Waals surface area contributed by atoms with Gasteiger partial charge in [-0.3, -0.25) is 4.79 Å². The van der Waals surface area contributed by atoms with Crippen LogP contribution >= 0.6 is 0 Å². The summed E-state index contributed by atoms with van der Waals surface area (Å²) in [6.07, 6.45) is 1.12. The zero-order valence-corrected chi connectivity index (χ0v) is 12.5. The van der Waals surface area contributed by atoms with Gasteiger partial charge in [0.1, 0.15) is 0 Å². The lowest BCUT2D eigenvalue weighted by Gasteiger charge is -2.36. The quantitative estimate of drug-likeness (QED) is 0.906. The van der Waals surface area contributed by atoms with Gasteiger partial charge >= 0.3 is 0 Å². The van der Waals surface area contributed by atoms with Crippen molar-refractivity contribution in [1.29, 1.82) is 0 Å². The second-order valence-corrected chi connectivity index (χ2v) is 5.84. The van der Waals surface area contributed by atoms with Crippen LogP contribution in [-0.2, 0) is 11.2 Å². The molecule has 20 heavy (non-hydrogen) atoms. The van der Waals surface area contributed by atoms with Gasteiger partial charge in [0, 0.05) is 31.9 Å². The van der Waals surface area contributed by atoms with Crippen LogP contribution in [0.15, 0.2) is 24.3 Å². The van der Waals surface area contributed by atoms with Gasteiger partial charge in [-0.05, 0) is 30.0 Å². The fourth-order valence-electron chi connectivity index (χ4n) is 2.66. The fraction of sp³-hybridized carbons (Fsp3) is 0.562. The molecular weight excluding hydrogens is 250 g/mol. The number of piperazine rings is 1. The molecule has 4 heteroatoms. The summed E-state index contributed by atoms with van der Waals surface area (Å²) in [4.78, 5) is 15.7. The predicted molar refractivity (Wildman–Crippen MR) is 82.8 cm³/mol. The van der Waals surface area contributed by atoms with E-state index in [0.29, 0.717) is 5.92 Å². The van der Waals surface area contributed by atoms with Crippen LogP contribution in [0.5, 0.6) is 0 Å². The van der Waals surface area contributed by atoms with Crippen molar-refractivity contribution in [2.75, 3.05) is 37.6 Å². The van der Waals surface area contributed by atoms with E-state index in [1.165, 1.54) is 11.3 Å². The van der Waals surface area contributed by atoms with E-state index in [2.05, 4.69) is 43.0 Å². The summed E-state index contributed by atoms with van der Waals surface area (Å²) < 4.78 is 0. The maximum Gasteiger partial charge on any atom is 0.236 e. The summed E-state index contributed by atoms with van der Waals surface area (Å²) in [5, 5.41) is 0. The Morgan fingerprint density at radius 2 is 1.75 bits per heavy atom. The molecule has 0 bridgehead atoms. The Hall–Kier alpha value is -1.55. The van der Waals surface area contributed by atoms with Gasteiger partial charge in [0.15, 0.2) is 0 Å². The Kier molecular flexibility index (Phi) is 5.01. The molecule has 1 fully saturated rings. The first-order chi connectivity index (χ1) is 9.60. The van der Waals surface area contributed by atoms with Crippen molar-refractivity contribution in [3.05, 3.63) is 29.8 Å². The number of nitrogens with zero attached hydrogens (tertiary/aromatic N) is 2. The number of carbonyl (C=O) groups is 1. The van der Waals surface area contributed by atoms with E-state index in [4.69, 9.17) is 5.73 Å². The van der Waals surface area contributed by atoms with Gasteiger partial charge in [-0.25, -0.2) is 0 Å². The second-order valence-electron chi connectivity index (χ2n) is 5.84. The lowest BCUT2D eigenvalue weighted by atomic mass is 10.0. The van der Waals surface area contributed by atoms with Crippen LogP contribution in [-0.4, -0.2) is 43.5 Å². The second kappa shape index (κ2) is 6.75. The molecule has 1 aromatic rings. The van der Waals surface area contributed by atoms with Gasteiger partial charge in [0.25, 0.3) is 0 Å². The number of carbonyl (C=O) groups excluding carboxylic acids is 1. The van der Waals surface area contributed by atoms with E-state index in [9.17, 15) is 4.79 Å². The normalized spacial score (nSPS) is 15.8. The molecule has 0 saturated carbocycles. The minimum atomic E-state index is 0.0527. The van der Waals surface area contributed by atoms with Crippen molar-refractivity contribution in [2.45, 2.75) is 20.3 Å². The Morgan fingerprint density at radius 1 is 1.15 bits per heavy atom. The lowest BCUT2D eigenvalue weighted by Crippen LogP contribution is -2.50. The average molecular weight is 275 g/mol. The highest BCUT2D eigenvalue weighted by atomic mass is 16.2. The molecule has 0 spiro atoms. The Balaban J connectivity index is 1.92. The maximum absolute atomic E-state index is 11.5. The summed E-state index contributed by atoms with van der Waals surface area (Å²) in [7, 11) is 0. The number of amides is 1. The summed E-state index contributed by atoms with van der Waals surface area (Å²) in [6.45, 7) is 7.89. The summed E-state index contributed by atoms with van der Waals surface area (Å²) in [5.41, 5.74) is 8.04. The molecular formula is C16H25N3O. The van der Waals surface area contributed by atoms with E-state index < -0.39 is 0 Å². The first-order valence-electron chi connectivity index (χ1n) is 7.42. The first kappa shape index (κ1) is 14.9. The topological polar surface area (TPSA) is 49.6 Å². The van der Waals surface area contributed by atoms with Gasteiger partial charge in [-0.1, -0.05) is 26.0 Å². The van der Waals surface area contributed by atoms with E-state index in [1.54, 1.807) is 0 Å². The van der Waals surface area contributed by atoms with Crippen molar-refractivity contribution >= 4 is 11.6 Å². The maximum atomic E-state index is 11.5. The Morgan fingerprint density at radius 3 is 2.25 bits per heavy atom. The van der Waals surface area contributed by atoms with Gasteiger partial charge < -0.3 is 15.5 Å². The molecule has 1 aromatic carbocycles. The third kappa shape index (κ3) is 3.73. The molecule has 1 aliphatic rings. The Labute approximate surface area is 121 Å². The number of rotatable bonds is 4. The molecule has 0 aromatic heterocycles. The highest BCUT2D eigenvalue weighted by Crippen LogP contribution is 2.18. The molecule has 2 N–H and O–H groups in total. The van der Waals surface area contributed by atoms with Crippen molar-refractivity contribution in [2.24, 2.45) is 11.7 Å². The first-order valence-corrected chi connectivity index (χ1v) is 7.42. The highest BCUT2D eigenvalue weighted by Gasteiger charge is 2.20. The summed E-state index contributed by atoms with van der Waals surface area (Å²) in [5.74, 6) is 0.739. The predicted octanol–water partition coefficient (Wildman–Crippen LogP) is 1.49. The molecule has 0 aliphatic carbocycles. The number of nitrogens with two attached hydrogens (primary N) is 1. The fourth-order valence-corrected chi connectivity index (χ4v) is 2.66. The smallest absolute Gasteiger partial charge is 0.236 e. The molecule has 1 heterocycles. The van der Waals surface area contributed by atoms with Crippen LogP contribution in [0.25, 0.3) is 0 Å². The van der Waals surface area contributed by atoms with Gasteiger partial charge in [-0.15, -0.1) is 0 Å². The third-order valence-electron chi connectivity index (χ3n) is 3.75. The van der Waals surface area contributed by atoms with Crippen LogP contribution in [0, 0.1) is 5.92 Å². The summed E-state index contributed by atoms with van der Waals surface area (Å²) >= 11 is 0. The standard InChI is InChI=1S/C16H25N3O/c1-13(2)11-14-3-5-15(6-4-14)18-7-9-19(10-8-18)16(20)12-17/h3-6,13H,7-12,17H2,1-2H3. The van der Waals surface area contributed by atoms with Crippen LogP contribution < -0.4 is 10.6 Å². The van der Waals surface area contributed by atoms with E-state index >= 15 is 0 Å². The number of hydrogen-bond acceptors (Lipinski definition) is 3. The highest BCUT2D eigenvalue weighted by molar-refractivity contribution is 5.78. The monoisotopic (exact) mass is 275 g/mol. The van der Waals surface area contributed by atoms with Crippen molar-refractivity contribution in [3.63, 3.8) is 0 Å². The molecule has 2 rings (SSSR count). The summed E-state index contributed by atoms with van der Waals surface area (Å²) in [6, 6.07) is 8.82. The number of hydrogen-bond donors (Lipinski definition) is 1. The minimum absolute atomic E-state index is 0.0527. The average Bonchev–Trinajstić information content (AvgIpc) is 2.47. The molecule has 1 saturated heterocycles. The van der Waals surface area contributed by atoms with Crippen LogP contribution in [0.2, 0.25) is 0 Å². The van der Waals surface area contributed by atoms with E-state index in [1.807, 2.05) is 4.90 Å². The SMILES string of the molecule is CC(C)Cc1ccc(N2CCN(C(=O)CN)CC2)cc1. The largest absolute Gasteiger partial charge is 0.368 e. The Bertz CT molecular complexity index is 434. The van der Waals surface area contributed by atoms with Gasteiger partial charge in [-0.2, -0.15) is 0 Å². The minimum Gasteiger partial charge on any atom is -0.368 e. The van der Waals surface area contributed by atoms with Gasteiger partial charge in [0.05, 0.1) is 6.54 Å². The molecule has 0 unspecified atom stereocenters. The molecule has 0 atom stereocenters. The van der Waals surface area contributed by atoms with Crippen LogP contribution in [0.1, 0.15) is 19.4 Å². The van der Waals surface area contributed by atoms with Crippen molar-refractivity contribution in [1.82, 2.24) is 4.90 Å². The molecule has 110 valence electrons. The van der Waals surface area contributed by atoms with Crippen LogP contribution in [0.4, 0.5) is 5.69 Å². The van der Waals surface area contributed by atoms with Crippen molar-refractivity contribution in [3.8, 4) is 0 Å². The molecule has 1 amide bonds. The zero-order chi connectivity index (χ0) is 14.5. The number of anilines is 1. The van der Waals surface area contributed by atoms with Gasteiger partial charge in [0.2, 0.25) is 5.91 Å². The van der Waals surface area contributed by atoms with E-state index in [0.717, 1.165) is 32.6 Å². The van der Waals surface area contributed by atoms with E-state index in [-0.39, 0.29) is 12.5 Å². The number of benzene rings is 1. The van der Waals surface area contributed by atoms with Crippen LogP contribution in [0.3, 0.4) is 0 Å². The zero-order valence-electron chi connectivity index (χ0n) is 12.5.